The maximum atomic E-state index is 9.84. The molecule has 1 atom stereocenters. The molecular formula is C18H12N4S2. The average molecular weight is 348 g/mol. The number of hydrogen-bond acceptors (Lipinski definition) is 6. The van der Waals surface area contributed by atoms with E-state index in [2.05, 4.69) is 18.2 Å². The highest BCUT2D eigenvalue weighted by molar-refractivity contribution is 7.11. The quantitative estimate of drug-likeness (QED) is 0.865. The second-order valence-electron chi connectivity index (χ2n) is 5.78. The van der Waals surface area contributed by atoms with E-state index in [0.717, 1.165) is 15.3 Å². The first-order valence-electron chi connectivity index (χ1n) is 7.17. The van der Waals surface area contributed by atoms with Gasteiger partial charge in [0.15, 0.2) is 5.41 Å². The van der Waals surface area contributed by atoms with Gasteiger partial charge in [0, 0.05) is 15.2 Å². The lowest BCUT2D eigenvalue weighted by molar-refractivity contribution is 0.364. The third-order valence-corrected chi connectivity index (χ3v) is 6.68. The summed E-state index contributed by atoms with van der Waals surface area (Å²) in [5.41, 5.74) is -1.85. The number of nitrogens with zero attached hydrogens (tertiary/aromatic N) is 3. The van der Waals surface area contributed by atoms with Gasteiger partial charge in [0.05, 0.1) is 23.4 Å². The Morgan fingerprint density at radius 1 is 1.08 bits per heavy atom. The first-order valence-corrected chi connectivity index (χ1v) is 8.93. The molecule has 4 nitrogen and oxygen atoms in total. The van der Waals surface area contributed by atoms with Gasteiger partial charge >= 0.3 is 0 Å². The Balaban J connectivity index is 2.35. The Morgan fingerprint density at radius 3 is 2.25 bits per heavy atom. The van der Waals surface area contributed by atoms with E-state index in [1.54, 1.807) is 0 Å². The average Bonchev–Trinajstić information content (AvgIpc) is 3.29. The van der Waals surface area contributed by atoms with Crippen molar-refractivity contribution in [1.29, 1.82) is 21.2 Å². The Hall–Kier alpha value is -2.72. The molecular weight excluding hydrogens is 336 g/mol. The minimum Gasteiger partial charge on any atom is -0.301 e. The molecule has 0 amide bonds. The van der Waals surface area contributed by atoms with Gasteiger partial charge in [-0.1, -0.05) is 19.1 Å². The lowest BCUT2D eigenvalue weighted by Gasteiger charge is -2.43. The van der Waals surface area contributed by atoms with Crippen LogP contribution in [0.15, 0.2) is 40.6 Å². The molecule has 0 saturated carbocycles. The summed E-state index contributed by atoms with van der Waals surface area (Å²) in [5.74, 6) is 0. The fourth-order valence-electron chi connectivity index (χ4n) is 3.22. The van der Waals surface area contributed by atoms with Crippen molar-refractivity contribution in [2.45, 2.75) is 18.8 Å². The van der Waals surface area contributed by atoms with Crippen molar-refractivity contribution < 1.29 is 0 Å². The third-order valence-electron chi connectivity index (χ3n) is 4.62. The van der Waals surface area contributed by atoms with Crippen LogP contribution in [0.4, 0.5) is 0 Å². The Labute approximate surface area is 148 Å². The minimum absolute atomic E-state index is 0.148. The number of nitriles is 3. The highest BCUT2D eigenvalue weighted by atomic mass is 32.1. The van der Waals surface area contributed by atoms with Crippen molar-refractivity contribution in [2.75, 3.05) is 0 Å². The monoisotopic (exact) mass is 348 g/mol. The summed E-state index contributed by atoms with van der Waals surface area (Å²) < 4.78 is 0. The Bertz CT molecular complexity index is 932. The molecule has 0 spiro atoms. The molecule has 2 aromatic heterocycles. The third kappa shape index (κ3) is 1.96. The fourth-order valence-corrected chi connectivity index (χ4v) is 4.94. The zero-order valence-corrected chi connectivity index (χ0v) is 14.5. The van der Waals surface area contributed by atoms with Crippen LogP contribution in [0.5, 0.6) is 0 Å². The normalized spacial score (nSPS) is 22.5. The van der Waals surface area contributed by atoms with Gasteiger partial charge in [-0.15, -0.1) is 22.7 Å². The van der Waals surface area contributed by atoms with Crippen molar-refractivity contribution in [1.82, 2.24) is 0 Å². The van der Waals surface area contributed by atoms with Gasteiger partial charge in [-0.05, 0) is 34.9 Å². The lowest BCUT2D eigenvalue weighted by atomic mass is 9.55. The van der Waals surface area contributed by atoms with Gasteiger partial charge in [0.25, 0.3) is 0 Å². The van der Waals surface area contributed by atoms with Crippen LogP contribution < -0.4 is 0 Å². The molecule has 0 bridgehead atoms. The first-order chi connectivity index (χ1) is 11.5. The maximum absolute atomic E-state index is 9.84. The Kier molecular flexibility index (Phi) is 3.85. The summed E-state index contributed by atoms with van der Waals surface area (Å²) in [4.78, 5) is 1.78. The minimum atomic E-state index is -1.68. The van der Waals surface area contributed by atoms with Crippen molar-refractivity contribution in [3.05, 3.63) is 50.4 Å². The van der Waals surface area contributed by atoms with E-state index in [1.165, 1.54) is 22.7 Å². The lowest BCUT2D eigenvalue weighted by Crippen LogP contribution is -2.50. The van der Waals surface area contributed by atoms with E-state index in [9.17, 15) is 15.8 Å². The van der Waals surface area contributed by atoms with Crippen LogP contribution in [-0.4, -0.2) is 5.71 Å². The number of allylic oxidation sites excluding steroid dienone is 2. The summed E-state index contributed by atoms with van der Waals surface area (Å²) in [6.07, 6.45) is 0.375. The maximum Gasteiger partial charge on any atom is 0.196 e. The SMILES string of the molecule is C[C@@]1(c2cccs2)CC(c2cccs2)=C(C#N)C(=N)C1(C#N)C#N. The second kappa shape index (κ2) is 5.73. The van der Waals surface area contributed by atoms with E-state index in [0.29, 0.717) is 6.42 Å². The summed E-state index contributed by atoms with van der Waals surface area (Å²) in [5, 5.41) is 41.6. The van der Waals surface area contributed by atoms with Crippen LogP contribution in [0.3, 0.4) is 0 Å². The van der Waals surface area contributed by atoms with Gasteiger partial charge in [-0.25, -0.2) is 0 Å². The topological polar surface area (TPSA) is 95.2 Å². The van der Waals surface area contributed by atoms with Crippen molar-refractivity contribution in [3.8, 4) is 18.2 Å². The van der Waals surface area contributed by atoms with E-state index in [-0.39, 0.29) is 11.3 Å². The molecule has 2 heterocycles. The largest absolute Gasteiger partial charge is 0.301 e. The number of nitrogens with one attached hydrogen (secondary N) is 1. The van der Waals surface area contributed by atoms with Crippen LogP contribution in [0.2, 0.25) is 0 Å². The summed E-state index contributed by atoms with van der Waals surface area (Å²) >= 11 is 2.97. The molecule has 1 N–H and O–H groups in total. The van der Waals surface area contributed by atoms with Crippen LogP contribution in [-0.2, 0) is 5.41 Å². The molecule has 3 rings (SSSR count). The van der Waals surface area contributed by atoms with E-state index in [1.807, 2.05) is 41.9 Å². The number of rotatable bonds is 2. The predicted octanol–water partition coefficient (Wildman–Crippen LogP) is 4.50. The van der Waals surface area contributed by atoms with Crippen molar-refractivity contribution in [2.24, 2.45) is 5.41 Å². The number of hydrogen-bond donors (Lipinski definition) is 1. The molecule has 116 valence electrons. The highest BCUT2D eigenvalue weighted by Crippen LogP contribution is 2.55. The van der Waals surface area contributed by atoms with Crippen LogP contribution in [0, 0.1) is 44.8 Å². The van der Waals surface area contributed by atoms with E-state index >= 15 is 0 Å². The van der Waals surface area contributed by atoms with Gasteiger partial charge in [-0.3, -0.25) is 0 Å². The molecule has 6 heteroatoms. The van der Waals surface area contributed by atoms with Gasteiger partial charge < -0.3 is 5.41 Å². The molecule has 1 aliphatic carbocycles. The van der Waals surface area contributed by atoms with Crippen LogP contribution in [0.25, 0.3) is 5.57 Å². The molecule has 0 fully saturated rings. The van der Waals surface area contributed by atoms with Gasteiger partial charge in [0.1, 0.15) is 6.07 Å². The zero-order valence-electron chi connectivity index (χ0n) is 12.8. The molecule has 0 aromatic carbocycles. The molecule has 2 aromatic rings. The summed E-state index contributed by atoms with van der Waals surface area (Å²) in [7, 11) is 0. The number of thiophene rings is 2. The predicted molar refractivity (Wildman–Crippen MR) is 94.5 cm³/mol. The summed E-state index contributed by atoms with van der Waals surface area (Å²) in [6.45, 7) is 1.85. The van der Waals surface area contributed by atoms with Crippen molar-refractivity contribution >= 4 is 34.0 Å². The van der Waals surface area contributed by atoms with Crippen LogP contribution >= 0.6 is 22.7 Å². The molecule has 1 aliphatic rings. The zero-order chi connectivity index (χ0) is 17.4. The molecule has 0 saturated heterocycles. The Morgan fingerprint density at radius 2 is 1.75 bits per heavy atom. The fraction of sp³-hybridized carbons (Fsp3) is 0.222. The standard InChI is InChI=1S/C18H12N4S2/c1-17(15-5-3-7-24-15)8-12(14-4-2-6-23-14)13(9-19)16(22)18(17,10-20)11-21/h2-7,22H,8H2,1H3/t17-/m0/s1. The summed E-state index contributed by atoms with van der Waals surface area (Å²) in [6, 6.07) is 13.8. The smallest absolute Gasteiger partial charge is 0.196 e. The van der Waals surface area contributed by atoms with Gasteiger partial charge in [-0.2, -0.15) is 15.8 Å². The van der Waals surface area contributed by atoms with Crippen molar-refractivity contribution in [3.63, 3.8) is 0 Å². The second-order valence-corrected chi connectivity index (χ2v) is 7.67. The van der Waals surface area contributed by atoms with Gasteiger partial charge in [0.2, 0.25) is 0 Å². The molecule has 0 unspecified atom stereocenters. The first kappa shape index (κ1) is 16.1. The van der Waals surface area contributed by atoms with E-state index < -0.39 is 10.8 Å². The molecule has 24 heavy (non-hydrogen) atoms. The van der Waals surface area contributed by atoms with Crippen LogP contribution in [0.1, 0.15) is 23.1 Å². The molecule has 0 aliphatic heterocycles. The molecule has 0 radical (unpaired) electrons. The van der Waals surface area contributed by atoms with E-state index in [4.69, 9.17) is 5.41 Å². The highest BCUT2D eigenvalue weighted by Gasteiger charge is 2.58.